The molecule has 0 saturated carbocycles. The van der Waals surface area contributed by atoms with Crippen LogP contribution in [0.5, 0.6) is 5.75 Å². The minimum absolute atomic E-state index is 0.134. The Morgan fingerprint density at radius 2 is 1.48 bits per heavy atom. The average molecular weight is 575 g/mol. The number of hydrogen-bond donors (Lipinski definition) is 0. The van der Waals surface area contributed by atoms with Crippen LogP contribution in [0.15, 0.2) is 36.4 Å². The normalized spacial score (nSPS) is 17.8. The Balaban J connectivity index is 1.53. The van der Waals surface area contributed by atoms with Crippen LogP contribution in [0.2, 0.25) is 0 Å². The maximum absolute atomic E-state index is 15.0. The molecular weight excluding hydrogens is 548 g/mol. The summed E-state index contributed by atoms with van der Waals surface area (Å²) >= 11 is 0. The first-order valence-corrected chi connectivity index (χ1v) is 12.7. The van der Waals surface area contributed by atoms with E-state index in [1.54, 1.807) is 0 Å². The smallest absolute Gasteiger partial charge is 0.428 e. The van der Waals surface area contributed by atoms with Crippen LogP contribution in [0.3, 0.4) is 0 Å². The van der Waals surface area contributed by atoms with Gasteiger partial charge < -0.3 is 14.2 Å². The highest BCUT2D eigenvalue weighted by molar-refractivity contribution is 5.65. The van der Waals surface area contributed by atoms with Gasteiger partial charge in [-0.2, -0.15) is 8.78 Å². The maximum Gasteiger partial charge on any atom is 0.432 e. The van der Waals surface area contributed by atoms with Crippen LogP contribution in [0.4, 0.5) is 35.1 Å². The lowest BCUT2D eigenvalue weighted by molar-refractivity contribution is -0.206. The first-order chi connectivity index (χ1) is 18.9. The van der Waals surface area contributed by atoms with Crippen molar-refractivity contribution in [1.82, 2.24) is 0 Å². The minimum Gasteiger partial charge on any atom is -0.428 e. The Morgan fingerprint density at radius 3 is 2.08 bits per heavy atom. The second kappa shape index (κ2) is 12.1. The molecule has 11 heteroatoms. The number of alkyl halides is 2. The van der Waals surface area contributed by atoms with Crippen LogP contribution in [-0.4, -0.2) is 13.2 Å². The highest BCUT2D eigenvalue weighted by Crippen LogP contribution is 2.39. The van der Waals surface area contributed by atoms with E-state index in [4.69, 9.17) is 9.47 Å². The van der Waals surface area contributed by atoms with Crippen molar-refractivity contribution in [2.45, 2.75) is 51.9 Å². The van der Waals surface area contributed by atoms with E-state index in [0.29, 0.717) is 30.9 Å². The number of halogens is 8. The summed E-state index contributed by atoms with van der Waals surface area (Å²) < 4.78 is 130. The Hall–Kier alpha value is -3.18. The van der Waals surface area contributed by atoms with Gasteiger partial charge in [0.05, 0.1) is 13.2 Å². The molecule has 0 bridgehead atoms. The zero-order valence-corrected chi connectivity index (χ0v) is 21.6. The van der Waals surface area contributed by atoms with E-state index in [0.717, 1.165) is 38.7 Å². The average Bonchev–Trinajstić information content (AvgIpc) is 2.90. The van der Waals surface area contributed by atoms with Gasteiger partial charge in [0.2, 0.25) is 0 Å². The van der Waals surface area contributed by atoms with Gasteiger partial charge in [-0.3, -0.25) is 0 Å². The molecule has 0 spiro atoms. The third-order valence-corrected chi connectivity index (χ3v) is 6.69. The monoisotopic (exact) mass is 574 g/mol. The molecule has 0 aromatic heterocycles. The Bertz CT molecular complexity index is 1350. The van der Waals surface area contributed by atoms with Crippen LogP contribution < -0.4 is 4.74 Å². The van der Waals surface area contributed by atoms with Crippen molar-refractivity contribution in [1.29, 1.82) is 0 Å². The van der Waals surface area contributed by atoms with Crippen molar-refractivity contribution < 1.29 is 49.3 Å². The van der Waals surface area contributed by atoms with Crippen molar-refractivity contribution in [3.63, 3.8) is 0 Å². The summed E-state index contributed by atoms with van der Waals surface area (Å²) in [7, 11) is 0. The van der Waals surface area contributed by atoms with Crippen molar-refractivity contribution in [3.8, 4) is 16.9 Å². The van der Waals surface area contributed by atoms with Crippen molar-refractivity contribution in [3.05, 3.63) is 88.0 Å². The summed E-state index contributed by atoms with van der Waals surface area (Å²) in [6, 6.07) is 4.79. The summed E-state index contributed by atoms with van der Waals surface area (Å²) in [6.45, 7) is 3.79. The topological polar surface area (TPSA) is 27.7 Å². The molecule has 0 atom stereocenters. The molecule has 3 aromatic carbocycles. The van der Waals surface area contributed by atoms with Crippen molar-refractivity contribution >= 4 is 0 Å². The van der Waals surface area contributed by atoms with Gasteiger partial charge in [0.25, 0.3) is 0 Å². The lowest BCUT2D eigenvalue weighted by Gasteiger charge is -2.29. The predicted octanol–water partition coefficient (Wildman–Crippen LogP) is 8.87. The second-order valence-electron chi connectivity index (χ2n) is 9.64. The fourth-order valence-corrected chi connectivity index (χ4v) is 4.46. The van der Waals surface area contributed by atoms with Gasteiger partial charge in [0, 0.05) is 28.7 Å². The molecule has 3 nitrogen and oxygen atoms in total. The van der Waals surface area contributed by atoms with Crippen LogP contribution in [0, 0.1) is 47.7 Å². The largest absolute Gasteiger partial charge is 0.432 e. The van der Waals surface area contributed by atoms with Crippen LogP contribution in [0.1, 0.15) is 55.6 Å². The molecule has 0 N–H and O–H groups in total. The Kier molecular flexibility index (Phi) is 9.04. The maximum atomic E-state index is 15.0. The minimum atomic E-state index is -4.76. The fourth-order valence-electron chi connectivity index (χ4n) is 4.46. The molecule has 3 aromatic rings. The Morgan fingerprint density at radius 1 is 0.825 bits per heavy atom. The summed E-state index contributed by atoms with van der Waals surface area (Å²) in [4.78, 5) is 0. The molecule has 1 fully saturated rings. The number of rotatable bonds is 9. The molecule has 1 heterocycles. The van der Waals surface area contributed by atoms with Crippen LogP contribution in [0.25, 0.3) is 11.1 Å². The lowest BCUT2D eigenvalue weighted by Crippen LogP contribution is -2.27. The molecule has 1 aliphatic heterocycles. The van der Waals surface area contributed by atoms with Gasteiger partial charge in [-0.05, 0) is 37.1 Å². The summed E-state index contributed by atoms with van der Waals surface area (Å²) in [6.07, 6.45) is -1.40. The first kappa shape index (κ1) is 29.8. The van der Waals surface area contributed by atoms with Gasteiger partial charge >= 0.3 is 6.11 Å². The SMILES string of the molecule is CCCCCC1COC(c2ccc(-c3cc(F)c(C(F)(F)Oc4cc(F)c(F)c(F)c4C)c(F)c3)c(F)c2)OC1. The van der Waals surface area contributed by atoms with Crippen LogP contribution in [-0.2, 0) is 15.6 Å². The number of unbranched alkanes of at least 4 members (excludes halogenated alkanes) is 2. The van der Waals surface area contributed by atoms with Gasteiger partial charge in [-0.25, -0.2) is 26.3 Å². The van der Waals surface area contributed by atoms with Gasteiger partial charge in [-0.15, -0.1) is 0 Å². The molecule has 1 saturated heterocycles. The van der Waals surface area contributed by atoms with E-state index < -0.39 is 69.7 Å². The fraction of sp³-hybridized carbons (Fsp3) is 0.379. The zero-order chi connectivity index (χ0) is 29.2. The number of ether oxygens (including phenoxy) is 3. The van der Waals surface area contributed by atoms with E-state index in [1.165, 1.54) is 12.1 Å². The zero-order valence-electron chi connectivity index (χ0n) is 21.6. The van der Waals surface area contributed by atoms with E-state index in [9.17, 15) is 35.1 Å². The lowest BCUT2D eigenvalue weighted by atomic mass is 9.99. The van der Waals surface area contributed by atoms with Gasteiger partial charge in [0.15, 0.2) is 23.7 Å². The third kappa shape index (κ3) is 6.25. The highest BCUT2D eigenvalue weighted by atomic mass is 19.3. The molecule has 1 aliphatic rings. The summed E-state index contributed by atoms with van der Waals surface area (Å²) in [5, 5.41) is 0. The number of hydrogen-bond acceptors (Lipinski definition) is 3. The van der Waals surface area contributed by atoms with E-state index >= 15 is 0 Å². The van der Waals surface area contributed by atoms with E-state index in [2.05, 4.69) is 11.7 Å². The quantitative estimate of drug-likeness (QED) is 0.145. The Labute approximate surface area is 225 Å². The van der Waals surface area contributed by atoms with Gasteiger partial charge in [-0.1, -0.05) is 38.3 Å². The molecule has 0 aliphatic carbocycles. The highest BCUT2D eigenvalue weighted by Gasteiger charge is 2.42. The van der Waals surface area contributed by atoms with Crippen molar-refractivity contribution in [2.75, 3.05) is 13.2 Å². The molecule has 0 unspecified atom stereocenters. The number of benzene rings is 3. The first-order valence-electron chi connectivity index (χ1n) is 12.7. The summed E-state index contributed by atoms with van der Waals surface area (Å²) in [5.41, 5.74) is -3.06. The molecule has 0 radical (unpaired) electrons. The standard InChI is InChI=1S/C29H26F8O3/c1-3-4-5-6-16-13-38-28(39-14-16)17-7-8-19(20(30)9-17)18-10-21(31)25(22(32)11-18)29(36,37)40-24-12-23(33)27(35)26(34)15(24)2/h7-12,16,28H,3-6,13-14H2,1-2H3. The molecule has 216 valence electrons. The van der Waals surface area contributed by atoms with E-state index in [1.807, 2.05) is 0 Å². The predicted molar refractivity (Wildman–Crippen MR) is 130 cm³/mol. The molecule has 4 rings (SSSR count). The third-order valence-electron chi connectivity index (χ3n) is 6.69. The van der Waals surface area contributed by atoms with E-state index in [-0.39, 0.29) is 17.5 Å². The second-order valence-corrected chi connectivity index (χ2v) is 9.64. The molecule has 0 amide bonds. The molecular formula is C29H26F8O3. The summed E-state index contributed by atoms with van der Waals surface area (Å²) in [5.74, 6) is -11.0. The molecule has 40 heavy (non-hydrogen) atoms. The van der Waals surface area contributed by atoms with Crippen molar-refractivity contribution in [2.24, 2.45) is 5.92 Å². The van der Waals surface area contributed by atoms with Crippen LogP contribution >= 0.6 is 0 Å². The van der Waals surface area contributed by atoms with Gasteiger partial charge in [0.1, 0.15) is 28.8 Å².